The summed E-state index contributed by atoms with van der Waals surface area (Å²) in [6.07, 6.45) is 7.47. The fourth-order valence-electron chi connectivity index (χ4n) is 2.09. The molecule has 0 spiro atoms. The molecule has 1 heterocycles. The Hall–Kier alpha value is -0.340. The first-order chi connectivity index (χ1) is 7.83. The van der Waals surface area contributed by atoms with Gasteiger partial charge in [-0.25, -0.2) is 0 Å². The van der Waals surface area contributed by atoms with E-state index < -0.39 is 0 Å². The van der Waals surface area contributed by atoms with Gasteiger partial charge in [-0.3, -0.25) is 0 Å². The highest BCUT2D eigenvalue weighted by molar-refractivity contribution is 4.73. The van der Waals surface area contributed by atoms with Gasteiger partial charge >= 0.3 is 0 Å². The third-order valence-corrected chi connectivity index (χ3v) is 3.06. The lowest BCUT2D eigenvalue weighted by molar-refractivity contribution is 0.313. The van der Waals surface area contributed by atoms with Crippen LogP contribution < -0.4 is 5.32 Å². The first kappa shape index (κ1) is 15.7. The largest absolute Gasteiger partial charge is 0.317 e. The molecule has 0 amide bonds. The fraction of sp³-hybridized carbons (Fsp3) is 0.857. The molecule has 16 heavy (non-hydrogen) atoms. The van der Waals surface area contributed by atoms with E-state index in [9.17, 15) is 0 Å². The summed E-state index contributed by atoms with van der Waals surface area (Å²) in [5, 5.41) is 3.46. The molecule has 2 nitrogen and oxygen atoms in total. The smallest absolute Gasteiger partial charge is 0.0157 e. The Bertz CT molecular complexity index is 149. The second-order valence-corrected chi connectivity index (χ2v) is 4.39. The van der Waals surface area contributed by atoms with Crippen LogP contribution in [0.15, 0.2) is 12.7 Å². The van der Waals surface area contributed by atoms with Crippen molar-refractivity contribution in [3.8, 4) is 0 Å². The van der Waals surface area contributed by atoms with Crippen LogP contribution in [0.25, 0.3) is 0 Å². The number of hydrogen-bond acceptors (Lipinski definition) is 2. The van der Waals surface area contributed by atoms with Crippen LogP contribution in [0.1, 0.15) is 39.5 Å². The van der Waals surface area contributed by atoms with Crippen molar-refractivity contribution < 1.29 is 0 Å². The Labute approximate surface area is 102 Å². The van der Waals surface area contributed by atoms with Crippen molar-refractivity contribution in [1.29, 1.82) is 0 Å². The normalized spacial score (nSPS) is 20.9. The minimum Gasteiger partial charge on any atom is -0.317 e. The van der Waals surface area contributed by atoms with E-state index in [0.29, 0.717) is 0 Å². The average molecular weight is 226 g/mol. The fourth-order valence-corrected chi connectivity index (χ4v) is 2.09. The first-order valence-electron chi connectivity index (χ1n) is 6.83. The van der Waals surface area contributed by atoms with Gasteiger partial charge in [0.05, 0.1) is 0 Å². The molecular weight excluding hydrogens is 196 g/mol. The molecular formula is C14H30N2. The van der Waals surface area contributed by atoms with Gasteiger partial charge in [0.2, 0.25) is 0 Å². The third kappa shape index (κ3) is 7.89. The lowest BCUT2D eigenvalue weighted by Crippen LogP contribution is -2.22. The maximum atomic E-state index is 3.76. The van der Waals surface area contributed by atoms with Crippen molar-refractivity contribution in [2.24, 2.45) is 5.92 Å². The third-order valence-electron chi connectivity index (χ3n) is 3.06. The molecule has 1 rings (SSSR count). The molecule has 2 heteroatoms. The zero-order chi connectivity index (χ0) is 12.2. The molecule has 96 valence electrons. The predicted molar refractivity (Wildman–Crippen MR) is 73.9 cm³/mol. The summed E-state index contributed by atoms with van der Waals surface area (Å²) in [7, 11) is 2.18. The van der Waals surface area contributed by atoms with Crippen molar-refractivity contribution in [2.75, 3.05) is 33.2 Å². The zero-order valence-electron chi connectivity index (χ0n) is 11.5. The maximum Gasteiger partial charge on any atom is 0.0157 e. The van der Waals surface area contributed by atoms with Gasteiger partial charge in [0, 0.05) is 6.54 Å². The number of nitrogens with zero attached hydrogens (tertiary/aromatic N) is 1. The van der Waals surface area contributed by atoms with Crippen LogP contribution in [0.5, 0.6) is 0 Å². The van der Waals surface area contributed by atoms with Crippen LogP contribution in [0.3, 0.4) is 0 Å². The lowest BCUT2D eigenvalue weighted by atomic mass is 9.97. The van der Waals surface area contributed by atoms with E-state index in [1.807, 2.05) is 19.9 Å². The molecule has 1 atom stereocenters. The molecule has 0 aromatic heterocycles. The van der Waals surface area contributed by atoms with Gasteiger partial charge in [-0.2, -0.15) is 0 Å². The summed E-state index contributed by atoms with van der Waals surface area (Å²) in [6, 6.07) is 0. The van der Waals surface area contributed by atoms with Crippen LogP contribution in [-0.4, -0.2) is 38.1 Å². The SMILES string of the molecule is C=CCN(C)CCC1CCCNCC1.CC. The second-order valence-electron chi connectivity index (χ2n) is 4.39. The molecule has 1 saturated heterocycles. The van der Waals surface area contributed by atoms with Crippen LogP contribution in [0.2, 0.25) is 0 Å². The minimum absolute atomic E-state index is 0.942. The number of likely N-dealkylation sites (N-methyl/N-ethyl adjacent to an activating group) is 1. The summed E-state index contributed by atoms with van der Waals surface area (Å²) in [6.45, 7) is 12.4. The molecule has 1 fully saturated rings. The van der Waals surface area contributed by atoms with Crippen molar-refractivity contribution in [3.05, 3.63) is 12.7 Å². The van der Waals surface area contributed by atoms with Crippen molar-refractivity contribution in [2.45, 2.75) is 39.5 Å². The molecule has 1 unspecified atom stereocenters. The number of rotatable bonds is 5. The Morgan fingerprint density at radius 2 is 2.06 bits per heavy atom. The Kier molecular flexibility index (Phi) is 10.9. The topological polar surface area (TPSA) is 15.3 Å². The molecule has 1 aliphatic heterocycles. The molecule has 0 saturated carbocycles. The molecule has 0 radical (unpaired) electrons. The summed E-state index contributed by atoms with van der Waals surface area (Å²) < 4.78 is 0. The van der Waals surface area contributed by atoms with E-state index in [-0.39, 0.29) is 0 Å². The van der Waals surface area contributed by atoms with E-state index in [1.165, 1.54) is 45.3 Å². The molecule has 0 aliphatic carbocycles. The maximum absolute atomic E-state index is 3.76. The quantitative estimate of drug-likeness (QED) is 0.725. The van der Waals surface area contributed by atoms with Crippen LogP contribution >= 0.6 is 0 Å². The summed E-state index contributed by atoms with van der Waals surface area (Å²) >= 11 is 0. The Morgan fingerprint density at radius 1 is 1.31 bits per heavy atom. The number of nitrogens with one attached hydrogen (secondary N) is 1. The van der Waals surface area contributed by atoms with Crippen molar-refractivity contribution in [3.63, 3.8) is 0 Å². The summed E-state index contributed by atoms with van der Waals surface area (Å²) in [5.74, 6) is 0.942. The lowest BCUT2D eigenvalue weighted by Gasteiger charge is -2.19. The van der Waals surface area contributed by atoms with Gasteiger partial charge in [-0.1, -0.05) is 19.9 Å². The molecule has 0 aromatic rings. The highest BCUT2D eigenvalue weighted by Crippen LogP contribution is 2.17. The van der Waals surface area contributed by atoms with Crippen LogP contribution in [0.4, 0.5) is 0 Å². The van der Waals surface area contributed by atoms with Gasteiger partial charge in [0.25, 0.3) is 0 Å². The standard InChI is InChI=1S/C12H24N2.C2H6/c1-3-10-14(2)11-7-12-5-4-8-13-9-6-12;1-2/h3,12-13H,1,4-11H2,2H3;1-2H3. The first-order valence-corrected chi connectivity index (χ1v) is 6.83. The highest BCUT2D eigenvalue weighted by atomic mass is 15.1. The van der Waals surface area contributed by atoms with E-state index in [4.69, 9.17) is 0 Å². The Morgan fingerprint density at radius 3 is 2.75 bits per heavy atom. The summed E-state index contributed by atoms with van der Waals surface area (Å²) in [4.78, 5) is 2.35. The minimum atomic E-state index is 0.942. The van der Waals surface area contributed by atoms with E-state index in [2.05, 4.69) is 23.8 Å². The molecule has 1 aliphatic rings. The molecule has 0 bridgehead atoms. The highest BCUT2D eigenvalue weighted by Gasteiger charge is 2.11. The van der Waals surface area contributed by atoms with E-state index in [0.717, 1.165) is 12.5 Å². The molecule has 0 aromatic carbocycles. The van der Waals surface area contributed by atoms with Gasteiger partial charge in [-0.05, 0) is 58.3 Å². The second kappa shape index (κ2) is 11.2. The van der Waals surface area contributed by atoms with Crippen LogP contribution in [0, 0.1) is 5.92 Å². The van der Waals surface area contributed by atoms with Gasteiger partial charge in [-0.15, -0.1) is 6.58 Å². The predicted octanol–water partition coefficient (Wildman–Crippen LogP) is 2.91. The van der Waals surface area contributed by atoms with Crippen LogP contribution in [-0.2, 0) is 0 Å². The monoisotopic (exact) mass is 226 g/mol. The summed E-state index contributed by atoms with van der Waals surface area (Å²) in [5.41, 5.74) is 0. The van der Waals surface area contributed by atoms with Gasteiger partial charge in [0.15, 0.2) is 0 Å². The van der Waals surface area contributed by atoms with Crippen molar-refractivity contribution >= 4 is 0 Å². The van der Waals surface area contributed by atoms with Crippen molar-refractivity contribution in [1.82, 2.24) is 10.2 Å². The van der Waals surface area contributed by atoms with E-state index in [1.54, 1.807) is 0 Å². The zero-order valence-corrected chi connectivity index (χ0v) is 11.5. The Balaban J connectivity index is 0.00000106. The average Bonchev–Trinajstić information content (AvgIpc) is 2.58. The van der Waals surface area contributed by atoms with Gasteiger partial charge < -0.3 is 10.2 Å². The van der Waals surface area contributed by atoms with Gasteiger partial charge in [0.1, 0.15) is 0 Å². The van der Waals surface area contributed by atoms with E-state index >= 15 is 0 Å². The number of hydrogen-bond donors (Lipinski definition) is 1. The molecule has 1 N–H and O–H groups in total.